The summed E-state index contributed by atoms with van der Waals surface area (Å²) < 4.78 is 0. The molecule has 1 aliphatic rings. The van der Waals surface area contributed by atoms with Crippen LogP contribution in [-0.4, -0.2) is 64.4 Å². The first kappa shape index (κ1) is 25.3. The Kier molecular flexibility index (Phi) is 9.19. The van der Waals surface area contributed by atoms with Gasteiger partial charge in [-0.25, -0.2) is 0 Å². The minimum absolute atomic E-state index is 0.193. The van der Waals surface area contributed by atoms with Gasteiger partial charge in [0.25, 0.3) is 0 Å². The zero-order chi connectivity index (χ0) is 23.8. The third-order valence-electron chi connectivity index (χ3n) is 5.53. The first-order chi connectivity index (χ1) is 15.1. The number of benzene rings is 1. The minimum Gasteiger partial charge on any atom is -0.480 e. The molecule has 4 atom stereocenters. The molecule has 1 heterocycles. The van der Waals surface area contributed by atoms with E-state index >= 15 is 0 Å². The summed E-state index contributed by atoms with van der Waals surface area (Å²) in [5.74, 6) is -2.22. The van der Waals surface area contributed by atoms with Gasteiger partial charge in [0, 0.05) is 13.0 Å². The number of carbonyl (C=O) groups is 4. The van der Waals surface area contributed by atoms with E-state index in [1.165, 1.54) is 11.8 Å². The lowest BCUT2D eigenvalue weighted by atomic mass is 10.0. The van der Waals surface area contributed by atoms with Gasteiger partial charge in [-0.2, -0.15) is 0 Å². The number of nitrogens with one attached hydrogen (secondary N) is 2. The van der Waals surface area contributed by atoms with Crippen LogP contribution >= 0.6 is 0 Å². The average Bonchev–Trinajstić information content (AvgIpc) is 3.22. The second kappa shape index (κ2) is 11.6. The van der Waals surface area contributed by atoms with Crippen LogP contribution in [0.2, 0.25) is 0 Å². The topological polar surface area (TPSA) is 142 Å². The molecule has 0 bridgehead atoms. The minimum atomic E-state index is -1.17. The monoisotopic (exact) mass is 446 g/mol. The van der Waals surface area contributed by atoms with Crippen molar-refractivity contribution in [2.45, 2.75) is 70.6 Å². The molecular formula is C23H34N4O5. The Bertz CT molecular complexity index is 814. The van der Waals surface area contributed by atoms with Gasteiger partial charge in [-0.05, 0) is 37.7 Å². The highest BCUT2D eigenvalue weighted by atomic mass is 16.4. The van der Waals surface area contributed by atoms with Gasteiger partial charge in [0.1, 0.15) is 18.1 Å². The summed E-state index contributed by atoms with van der Waals surface area (Å²) in [4.78, 5) is 51.3. The van der Waals surface area contributed by atoms with Crippen molar-refractivity contribution in [3.8, 4) is 0 Å². The molecule has 176 valence electrons. The highest BCUT2D eigenvalue weighted by Crippen LogP contribution is 2.20. The Morgan fingerprint density at radius 2 is 1.78 bits per heavy atom. The number of rotatable bonds is 10. The number of carbonyl (C=O) groups excluding carboxylic acids is 3. The smallest absolute Gasteiger partial charge is 0.325 e. The summed E-state index contributed by atoms with van der Waals surface area (Å²) in [5.41, 5.74) is 6.87. The third kappa shape index (κ3) is 7.05. The van der Waals surface area contributed by atoms with Gasteiger partial charge in [-0.15, -0.1) is 0 Å². The summed E-state index contributed by atoms with van der Waals surface area (Å²) in [6.45, 7) is 5.75. The zero-order valence-corrected chi connectivity index (χ0v) is 18.9. The predicted molar refractivity (Wildman–Crippen MR) is 119 cm³/mol. The molecule has 1 saturated heterocycles. The largest absolute Gasteiger partial charge is 0.480 e. The van der Waals surface area contributed by atoms with Gasteiger partial charge >= 0.3 is 5.97 Å². The Balaban J connectivity index is 2.14. The summed E-state index contributed by atoms with van der Waals surface area (Å²) in [6.07, 6.45) is 1.87. The number of carboxylic acids is 1. The molecule has 0 aliphatic carbocycles. The van der Waals surface area contributed by atoms with Crippen LogP contribution in [0.4, 0.5) is 0 Å². The number of likely N-dealkylation sites (tertiary alicyclic amines) is 1. The molecule has 3 amide bonds. The molecule has 0 spiro atoms. The lowest BCUT2D eigenvalue weighted by Crippen LogP contribution is -2.57. The van der Waals surface area contributed by atoms with E-state index in [9.17, 15) is 19.2 Å². The Labute approximate surface area is 188 Å². The maximum atomic E-state index is 13.1. The molecule has 0 aromatic heterocycles. The normalized spacial score (nSPS) is 18.7. The summed E-state index contributed by atoms with van der Waals surface area (Å²) >= 11 is 0. The lowest BCUT2D eigenvalue weighted by Gasteiger charge is -2.29. The van der Waals surface area contributed by atoms with E-state index in [-0.39, 0.29) is 18.2 Å². The second-order valence-electron chi connectivity index (χ2n) is 8.75. The van der Waals surface area contributed by atoms with Crippen LogP contribution in [0.25, 0.3) is 0 Å². The first-order valence-electron chi connectivity index (χ1n) is 11.0. The van der Waals surface area contributed by atoms with E-state index in [1.54, 1.807) is 0 Å². The van der Waals surface area contributed by atoms with Crippen LogP contribution in [0.5, 0.6) is 0 Å². The standard InChI is InChI=1S/C23H34N4O5/c1-14(2)12-17(24)22(30)27-11-7-10-19(27)21(29)26-18(13-16-8-5-4-6-9-16)20(28)25-15(3)23(31)32/h4-6,8-9,14-15,17-19H,7,10-13,24H2,1-3H3,(H,25,28)(H,26,29)(H,31,32). The number of hydrogen-bond acceptors (Lipinski definition) is 5. The summed E-state index contributed by atoms with van der Waals surface area (Å²) in [5, 5.41) is 14.3. The van der Waals surface area contributed by atoms with Crippen molar-refractivity contribution < 1.29 is 24.3 Å². The Hall–Kier alpha value is -2.94. The van der Waals surface area contributed by atoms with Crippen LogP contribution in [0, 0.1) is 5.92 Å². The molecule has 1 aliphatic heterocycles. The van der Waals surface area contributed by atoms with Gasteiger partial charge in [0.2, 0.25) is 17.7 Å². The highest BCUT2D eigenvalue weighted by molar-refractivity contribution is 5.94. The van der Waals surface area contributed by atoms with Gasteiger partial charge in [0.15, 0.2) is 0 Å². The van der Waals surface area contributed by atoms with E-state index in [4.69, 9.17) is 10.8 Å². The predicted octanol–water partition coefficient (Wildman–Crippen LogP) is 0.668. The van der Waals surface area contributed by atoms with Gasteiger partial charge in [-0.3, -0.25) is 19.2 Å². The van der Waals surface area contributed by atoms with Gasteiger partial charge < -0.3 is 26.4 Å². The van der Waals surface area contributed by atoms with Gasteiger partial charge in [-0.1, -0.05) is 44.2 Å². The number of carboxylic acid groups (broad SMARTS) is 1. The SMILES string of the molecule is CC(C)CC(N)C(=O)N1CCCC1C(=O)NC(Cc1ccccc1)C(=O)NC(C)C(=O)O. The quantitative estimate of drug-likeness (QED) is 0.416. The molecule has 0 saturated carbocycles. The molecule has 1 aromatic carbocycles. The molecule has 32 heavy (non-hydrogen) atoms. The first-order valence-corrected chi connectivity index (χ1v) is 11.0. The third-order valence-corrected chi connectivity index (χ3v) is 5.53. The van der Waals surface area contributed by atoms with E-state index in [1.807, 2.05) is 44.2 Å². The lowest BCUT2D eigenvalue weighted by molar-refractivity contribution is -0.142. The number of nitrogens with two attached hydrogens (primary N) is 1. The van der Waals surface area contributed by atoms with Crippen molar-refractivity contribution in [3.05, 3.63) is 35.9 Å². The van der Waals surface area contributed by atoms with Crippen molar-refractivity contribution in [1.82, 2.24) is 15.5 Å². The van der Waals surface area contributed by atoms with E-state index in [2.05, 4.69) is 10.6 Å². The second-order valence-corrected chi connectivity index (χ2v) is 8.75. The van der Waals surface area contributed by atoms with Crippen molar-refractivity contribution in [2.24, 2.45) is 11.7 Å². The molecule has 0 radical (unpaired) electrons. The van der Waals surface area contributed by atoms with Crippen LogP contribution in [-0.2, 0) is 25.6 Å². The molecule has 9 heteroatoms. The van der Waals surface area contributed by atoms with E-state index < -0.39 is 42.0 Å². The maximum Gasteiger partial charge on any atom is 0.325 e. The molecule has 9 nitrogen and oxygen atoms in total. The highest BCUT2D eigenvalue weighted by Gasteiger charge is 2.37. The summed E-state index contributed by atoms with van der Waals surface area (Å²) in [6, 6.07) is 5.66. The molecule has 2 rings (SSSR count). The average molecular weight is 447 g/mol. The fourth-order valence-electron chi connectivity index (χ4n) is 3.83. The van der Waals surface area contributed by atoms with E-state index in [0.29, 0.717) is 25.8 Å². The van der Waals surface area contributed by atoms with E-state index in [0.717, 1.165) is 5.56 Å². The number of amides is 3. The molecular weight excluding hydrogens is 412 g/mol. The Morgan fingerprint density at radius 1 is 1.12 bits per heavy atom. The number of nitrogens with zero attached hydrogens (tertiary/aromatic N) is 1. The van der Waals surface area contributed by atoms with Crippen molar-refractivity contribution >= 4 is 23.7 Å². The van der Waals surface area contributed by atoms with Crippen molar-refractivity contribution in [2.75, 3.05) is 6.54 Å². The van der Waals surface area contributed by atoms with Crippen molar-refractivity contribution in [3.63, 3.8) is 0 Å². The fraction of sp³-hybridized carbons (Fsp3) is 0.565. The molecule has 4 unspecified atom stereocenters. The summed E-state index contributed by atoms with van der Waals surface area (Å²) in [7, 11) is 0. The van der Waals surface area contributed by atoms with Crippen LogP contribution in [0.3, 0.4) is 0 Å². The zero-order valence-electron chi connectivity index (χ0n) is 18.9. The van der Waals surface area contributed by atoms with Gasteiger partial charge in [0.05, 0.1) is 6.04 Å². The molecule has 1 fully saturated rings. The number of aliphatic carboxylic acids is 1. The maximum absolute atomic E-state index is 13.1. The van der Waals surface area contributed by atoms with Crippen LogP contribution in [0.15, 0.2) is 30.3 Å². The fourth-order valence-corrected chi connectivity index (χ4v) is 3.83. The Morgan fingerprint density at radius 3 is 2.38 bits per heavy atom. The number of hydrogen-bond donors (Lipinski definition) is 4. The van der Waals surface area contributed by atoms with Crippen LogP contribution < -0.4 is 16.4 Å². The molecule has 5 N–H and O–H groups in total. The van der Waals surface area contributed by atoms with Crippen LogP contribution in [0.1, 0.15) is 45.6 Å². The van der Waals surface area contributed by atoms with Crippen molar-refractivity contribution in [1.29, 1.82) is 0 Å². The molecule has 1 aromatic rings.